The van der Waals surface area contributed by atoms with Gasteiger partial charge in [-0.1, -0.05) is 17.7 Å². The number of aryl methyl sites for hydroxylation is 1. The fourth-order valence-corrected chi connectivity index (χ4v) is 2.41. The summed E-state index contributed by atoms with van der Waals surface area (Å²) in [4.78, 5) is 11.5. The molecule has 0 spiro atoms. The van der Waals surface area contributed by atoms with E-state index in [0.717, 1.165) is 24.4 Å². The van der Waals surface area contributed by atoms with Crippen molar-refractivity contribution in [2.45, 2.75) is 54.6 Å². The molecular weight excluding hydrogens is 581 g/mol. The van der Waals surface area contributed by atoms with Crippen LogP contribution in [-0.2, 0) is 4.79 Å². The molecule has 0 saturated carbocycles. The van der Waals surface area contributed by atoms with Gasteiger partial charge in [-0.2, -0.15) is 74.6 Å². The van der Waals surface area contributed by atoms with Gasteiger partial charge < -0.3 is 5.32 Å². The normalized spacial score (nSPS) is 15.2. The van der Waals surface area contributed by atoms with E-state index in [2.05, 4.69) is 0 Å². The molecule has 1 rings (SSSR count). The Hall–Kier alpha value is -2.21. The Balaban J connectivity index is 3.61. The Morgan fingerprint density at radius 3 is 1.39 bits per heavy atom. The quantitative estimate of drug-likeness (QED) is 0.312. The number of hydrogen-bond donors (Lipinski definition) is 1. The zero-order valence-corrected chi connectivity index (χ0v) is 17.2. The maximum absolute atomic E-state index is 13.9. The summed E-state index contributed by atoms with van der Waals surface area (Å²) in [6.07, 6.45) is -7.84. The van der Waals surface area contributed by atoms with Gasteiger partial charge in [-0.3, -0.25) is 4.79 Å². The number of carbonyl (C=O) groups is 1. The Bertz CT molecular complexity index is 1000. The van der Waals surface area contributed by atoms with Gasteiger partial charge in [0.05, 0.1) is 0 Å². The maximum atomic E-state index is 13.9. The zero-order chi connectivity index (χ0) is 29.1. The summed E-state index contributed by atoms with van der Waals surface area (Å²) in [6, 6.07) is 2.43. The van der Waals surface area contributed by atoms with E-state index in [1.54, 1.807) is 0 Å². The highest BCUT2D eigenvalue weighted by atomic mass is 35.5. The second kappa shape index (κ2) is 8.68. The third kappa shape index (κ3) is 4.29. The average molecular weight is 588 g/mol. The van der Waals surface area contributed by atoms with Crippen LogP contribution in [-0.4, -0.2) is 53.5 Å². The van der Waals surface area contributed by atoms with Gasteiger partial charge in [-0.15, -0.1) is 0 Å². The fourth-order valence-electron chi connectivity index (χ4n) is 2.24. The van der Waals surface area contributed by atoms with Crippen LogP contribution in [0.2, 0.25) is 5.02 Å². The van der Waals surface area contributed by atoms with Gasteiger partial charge in [0.2, 0.25) is 0 Å². The van der Waals surface area contributed by atoms with Crippen LogP contribution < -0.4 is 5.32 Å². The molecular formula is C16H7ClF17NO. The van der Waals surface area contributed by atoms with Crippen molar-refractivity contribution >= 4 is 23.2 Å². The second-order valence-corrected chi connectivity index (χ2v) is 7.37. The van der Waals surface area contributed by atoms with E-state index in [1.165, 1.54) is 0 Å². The van der Waals surface area contributed by atoms with Crippen LogP contribution in [0.3, 0.4) is 0 Å². The average Bonchev–Trinajstić information content (AvgIpc) is 2.68. The van der Waals surface area contributed by atoms with Gasteiger partial charge in [0.15, 0.2) is 0 Å². The van der Waals surface area contributed by atoms with Crippen molar-refractivity contribution in [1.29, 1.82) is 0 Å². The second-order valence-electron chi connectivity index (χ2n) is 6.93. The number of alkyl halides is 17. The van der Waals surface area contributed by atoms with Gasteiger partial charge in [0, 0.05) is 10.7 Å². The molecule has 0 aromatic heterocycles. The molecule has 0 aliphatic carbocycles. The van der Waals surface area contributed by atoms with Crippen molar-refractivity contribution in [3.05, 3.63) is 28.8 Å². The molecule has 0 saturated heterocycles. The zero-order valence-electron chi connectivity index (χ0n) is 16.4. The van der Waals surface area contributed by atoms with Crippen LogP contribution in [0.15, 0.2) is 18.2 Å². The van der Waals surface area contributed by atoms with E-state index < -0.39 is 64.3 Å². The molecule has 20 heteroatoms. The standard InChI is InChI=1S/C16H7ClF17NO/c1-5-2-3-6(17)4-7(5)35-8(36)9(18,19)10(20,21)11(22,23)12(24,25)13(26,27)14(28,29)15(30,31)16(32,33)34/h2-4H,1H3,(H,35,36). The first-order chi connectivity index (χ1) is 15.6. The minimum atomic E-state index is -8.76. The summed E-state index contributed by atoms with van der Waals surface area (Å²) >= 11 is 5.40. The van der Waals surface area contributed by atoms with Gasteiger partial charge in [0.25, 0.3) is 0 Å². The van der Waals surface area contributed by atoms with Crippen molar-refractivity contribution in [2.24, 2.45) is 0 Å². The molecule has 0 aliphatic heterocycles. The van der Waals surface area contributed by atoms with E-state index in [0.29, 0.717) is 6.07 Å². The number of carbonyl (C=O) groups excluding carboxylic acids is 1. The van der Waals surface area contributed by atoms with Crippen molar-refractivity contribution in [3.8, 4) is 0 Å². The number of nitrogens with one attached hydrogen (secondary N) is 1. The molecule has 1 amide bonds. The smallest absolute Gasteiger partial charge is 0.320 e. The summed E-state index contributed by atoms with van der Waals surface area (Å²) in [7, 11) is 0. The summed E-state index contributed by atoms with van der Waals surface area (Å²) in [5, 5.41) is 0.377. The summed E-state index contributed by atoms with van der Waals surface area (Å²) in [6.45, 7) is 0.953. The molecule has 2 nitrogen and oxygen atoms in total. The first-order valence-electron chi connectivity index (χ1n) is 8.34. The predicted molar refractivity (Wildman–Crippen MR) is 85.5 cm³/mol. The fraction of sp³-hybridized carbons (Fsp3) is 0.562. The van der Waals surface area contributed by atoms with Gasteiger partial charge in [0.1, 0.15) is 0 Å². The topological polar surface area (TPSA) is 29.1 Å². The van der Waals surface area contributed by atoms with Gasteiger partial charge in [-0.05, 0) is 24.6 Å². The van der Waals surface area contributed by atoms with Crippen LogP contribution in [0.4, 0.5) is 80.3 Å². The molecule has 0 unspecified atom stereocenters. The Kier molecular flexibility index (Phi) is 7.67. The van der Waals surface area contributed by atoms with Crippen molar-refractivity contribution in [3.63, 3.8) is 0 Å². The highest BCUT2D eigenvalue weighted by Gasteiger charge is 2.95. The molecule has 36 heavy (non-hydrogen) atoms. The van der Waals surface area contributed by atoms with Crippen molar-refractivity contribution < 1.29 is 79.4 Å². The summed E-state index contributed by atoms with van der Waals surface area (Å²) in [5.74, 6) is -61.9. The van der Waals surface area contributed by atoms with Crippen LogP contribution in [0.25, 0.3) is 0 Å². The first kappa shape index (κ1) is 31.8. The molecule has 1 aromatic rings. The van der Waals surface area contributed by atoms with Crippen LogP contribution >= 0.6 is 11.6 Å². The number of amides is 1. The molecule has 0 atom stereocenters. The number of rotatable bonds is 8. The maximum Gasteiger partial charge on any atom is 0.460 e. The lowest BCUT2D eigenvalue weighted by Crippen LogP contribution is -2.75. The highest BCUT2D eigenvalue weighted by molar-refractivity contribution is 6.31. The molecule has 0 fully saturated rings. The SMILES string of the molecule is Cc1ccc(Cl)cc1NC(=O)C(F)(F)C(F)(F)C(F)(F)C(F)(F)C(F)(F)C(F)(F)C(F)(F)C(F)(F)F. The van der Waals surface area contributed by atoms with E-state index in [9.17, 15) is 79.4 Å². The van der Waals surface area contributed by atoms with Gasteiger partial charge >= 0.3 is 53.5 Å². The third-order valence-corrected chi connectivity index (χ3v) is 4.69. The molecule has 0 aliphatic rings. The molecule has 208 valence electrons. The molecule has 0 radical (unpaired) electrons. The van der Waals surface area contributed by atoms with Crippen LogP contribution in [0.5, 0.6) is 0 Å². The van der Waals surface area contributed by atoms with E-state index >= 15 is 0 Å². The molecule has 0 bridgehead atoms. The Morgan fingerprint density at radius 2 is 1.00 bits per heavy atom. The molecule has 0 heterocycles. The lowest BCUT2D eigenvalue weighted by atomic mass is 9.88. The van der Waals surface area contributed by atoms with Crippen LogP contribution in [0.1, 0.15) is 5.56 Å². The summed E-state index contributed by atoms with van der Waals surface area (Å²) < 4.78 is 225. The highest BCUT2D eigenvalue weighted by Crippen LogP contribution is 2.64. The number of halogens is 18. The summed E-state index contributed by atoms with van der Waals surface area (Å²) in [5.41, 5.74) is -1.27. The Morgan fingerprint density at radius 1 is 0.639 bits per heavy atom. The lowest BCUT2D eigenvalue weighted by Gasteiger charge is -2.42. The third-order valence-electron chi connectivity index (χ3n) is 4.46. The van der Waals surface area contributed by atoms with Crippen LogP contribution in [0, 0.1) is 6.92 Å². The van der Waals surface area contributed by atoms with Crippen molar-refractivity contribution in [1.82, 2.24) is 0 Å². The monoisotopic (exact) mass is 587 g/mol. The Labute approximate surface area is 192 Å². The molecule has 1 aromatic carbocycles. The van der Waals surface area contributed by atoms with Crippen molar-refractivity contribution in [2.75, 3.05) is 5.32 Å². The minimum absolute atomic E-state index is 0.315. The largest absolute Gasteiger partial charge is 0.460 e. The lowest BCUT2D eigenvalue weighted by molar-refractivity contribution is -0.459. The minimum Gasteiger partial charge on any atom is -0.320 e. The first-order valence-corrected chi connectivity index (χ1v) is 8.72. The van der Waals surface area contributed by atoms with E-state index in [4.69, 9.17) is 11.6 Å². The van der Waals surface area contributed by atoms with Gasteiger partial charge in [-0.25, -0.2) is 0 Å². The number of benzene rings is 1. The van der Waals surface area contributed by atoms with E-state index in [-0.39, 0.29) is 5.56 Å². The van der Waals surface area contributed by atoms with E-state index in [1.807, 2.05) is 0 Å². The number of hydrogen-bond acceptors (Lipinski definition) is 1. The predicted octanol–water partition coefficient (Wildman–Crippen LogP) is 7.60. The molecule has 1 N–H and O–H groups in total. The number of anilines is 1.